The van der Waals surface area contributed by atoms with Gasteiger partial charge >= 0.3 is 21.7 Å². The second-order valence-corrected chi connectivity index (χ2v) is 0. The summed E-state index contributed by atoms with van der Waals surface area (Å²) in [5.41, 5.74) is 0. The van der Waals surface area contributed by atoms with E-state index in [-0.39, 0.29) is 38.1 Å². The average molecular weight is 95.9 g/mol. The van der Waals surface area contributed by atoms with E-state index < -0.39 is 0 Å². The van der Waals surface area contributed by atoms with Gasteiger partial charge in [0.2, 0.25) is 0 Å². The van der Waals surface area contributed by atoms with E-state index in [9.17, 15) is 0 Å². The molecule has 0 aromatic heterocycles. The van der Waals surface area contributed by atoms with E-state index in [1.807, 2.05) is 0 Å². The molecule has 0 radical (unpaired) electrons. The van der Waals surface area contributed by atoms with E-state index in [1.165, 1.54) is 0 Å². The molecule has 0 fully saturated rings. The molecule has 0 atom stereocenters. The Morgan fingerprint density at radius 1 is 0.500 bits per heavy atom. The topological polar surface area (TPSA) is 85.5 Å². The van der Waals surface area contributed by atoms with Crippen molar-refractivity contribution < 1.29 is 38.1 Å². The van der Waals surface area contributed by atoms with Gasteiger partial charge in [0.15, 0.2) is 0 Å². The third kappa shape index (κ3) is 18.7. The summed E-state index contributed by atoms with van der Waals surface area (Å²) in [6.07, 6.45) is 0. The Hall–Kier alpha value is 0.594. The Kier molecular flexibility index (Phi) is 2880. The Bertz CT molecular complexity index is 3.25. The predicted octanol–water partition coefficient (Wildman–Crippen LogP) is -0.359. The summed E-state index contributed by atoms with van der Waals surface area (Å²) in [6, 6.07) is 0. The third-order valence-corrected chi connectivity index (χ3v) is 0. The van der Waals surface area contributed by atoms with E-state index >= 15 is 0 Å². The van der Waals surface area contributed by atoms with Gasteiger partial charge in [0, 0.05) is 0 Å². The zero-order valence-electron chi connectivity index (χ0n) is 1.72. The minimum absolute atomic E-state index is 0. The summed E-state index contributed by atoms with van der Waals surface area (Å²) >= 11 is 0. The maximum absolute atomic E-state index is 0. The van der Waals surface area contributed by atoms with Gasteiger partial charge in [0.05, 0.1) is 0 Å². The fourth-order valence-electron chi connectivity index (χ4n) is 0. The SMILES string of the molecule is [O-2].[O-2].[O-2].[Ti+4]. The van der Waals surface area contributed by atoms with Crippen LogP contribution >= 0.6 is 0 Å². The van der Waals surface area contributed by atoms with Crippen LogP contribution in [-0.2, 0) is 38.1 Å². The summed E-state index contributed by atoms with van der Waals surface area (Å²) in [6.45, 7) is 0. The van der Waals surface area contributed by atoms with Gasteiger partial charge in [-0.15, -0.1) is 0 Å². The van der Waals surface area contributed by atoms with Crippen LogP contribution in [-0.4, -0.2) is 0 Å². The van der Waals surface area contributed by atoms with Gasteiger partial charge in [-0.05, 0) is 0 Å². The van der Waals surface area contributed by atoms with Crippen molar-refractivity contribution in [2.45, 2.75) is 0 Å². The summed E-state index contributed by atoms with van der Waals surface area (Å²) in [5.74, 6) is 0. The fraction of sp³-hybridized carbons (Fsp3) is 0. The maximum atomic E-state index is 0. The molecule has 0 amide bonds. The van der Waals surface area contributed by atoms with E-state index in [4.69, 9.17) is 0 Å². The van der Waals surface area contributed by atoms with Crippen molar-refractivity contribution in [3.05, 3.63) is 0 Å². The largest absolute Gasteiger partial charge is 4.00 e. The molecule has 0 heterocycles. The Balaban J connectivity index is 0. The van der Waals surface area contributed by atoms with Gasteiger partial charge < -0.3 is 16.4 Å². The molecule has 0 aliphatic carbocycles. The van der Waals surface area contributed by atoms with E-state index in [2.05, 4.69) is 0 Å². The molecule has 0 aliphatic heterocycles. The monoisotopic (exact) mass is 95.9 g/mol. The van der Waals surface area contributed by atoms with Crippen LogP contribution in [0, 0.1) is 0 Å². The summed E-state index contributed by atoms with van der Waals surface area (Å²) in [7, 11) is 0. The molecule has 4 heteroatoms. The van der Waals surface area contributed by atoms with Crippen molar-refractivity contribution in [2.75, 3.05) is 0 Å². The van der Waals surface area contributed by atoms with Crippen LogP contribution in [0.2, 0.25) is 0 Å². The second kappa shape index (κ2) is 68.5. The molecule has 0 bridgehead atoms. The molecular weight excluding hydrogens is 95.9 g/mol. The maximum Gasteiger partial charge on any atom is 4.00 e. The van der Waals surface area contributed by atoms with Crippen LogP contribution in [0.1, 0.15) is 0 Å². The van der Waals surface area contributed by atoms with Gasteiger partial charge in [-0.1, -0.05) is 0 Å². The Morgan fingerprint density at radius 2 is 0.500 bits per heavy atom. The normalized spacial score (nSPS) is 0. The molecule has 24 valence electrons. The smallest absolute Gasteiger partial charge is 2.00 e. The Labute approximate surface area is 38.8 Å². The van der Waals surface area contributed by atoms with Crippen LogP contribution in [0.3, 0.4) is 0 Å². The molecular formula is O3Ti-2. The van der Waals surface area contributed by atoms with Crippen LogP contribution in [0.15, 0.2) is 0 Å². The Morgan fingerprint density at radius 3 is 0.500 bits per heavy atom. The van der Waals surface area contributed by atoms with Crippen molar-refractivity contribution in [3.63, 3.8) is 0 Å². The first kappa shape index (κ1) is 168. The molecule has 0 aliphatic rings. The standard InChI is InChI=1S/3O.Ti/q3*-2;+4. The van der Waals surface area contributed by atoms with E-state index in [1.54, 1.807) is 0 Å². The van der Waals surface area contributed by atoms with Gasteiger partial charge in [-0.25, -0.2) is 0 Å². The zero-order valence-corrected chi connectivity index (χ0v) is 3.29. The van der Waals surface area contributed by atoms with Crippen molar-refractivity contribution in [1.29, 1.82) is 0 Å². The van der Waals surface area contributed by atoms with Gasteiger partial charge in [-0.3, -0.25) is 0 Å². The second-order valence-electron chi connectivity index (χ2n) is 0. The van der Waals surface area contributed by atoms with Crippen molar-refractivity contribution >= 4 is 0 Å². The van der Waals surface area contributed by atoms with Gasteiger partial charge in [-0.2, -0.15) is 0 Å². The third-order valence-electron chi connectivity index (χ3n) is 0. The van der Waals surface area contributed by atoms with Crippen LogP contribution in [0.25, 0.3) is 0 Å². The number of rotatable bonds is 0. The van der Waals surface area contributed by atoms with Crippen molar-refractivity contribution in [2.24, 2.45) is 0 Å². The molecule has 0 N–H and O–H groups in total. The molecule has 0 aromatic carbocycles. The first-order valence-electron chi connectivity index (χ1n) is 0. The fourth-order valence-corrected chi connectivity index (χ4v) is 0. The van der Waals surface area contributed by atoms with Gasteiger partial charge in [0.25, 0.3) is 0 Å². The minimum atomic E-state index is 0. The summed E-state index contributed by atoms with van der Waals surface area (Å²) < 4.78 is 0. The first-order chi connectivity index (χ1) is 0. The summed E-state index contributed by atoms with van der Waals surface area (Å²) in [4.78, 5) is 0. The van der Waals surface area contributed by atoms with Crippen LogP contribution in [0.5, 0.6) is 0 Å². The van der Waals surface area contributed by atoms with Crippen LogP contribution in [0.4, 0.5) is 0 Å². The van der Waals surface area contributed by atoms with Crippen LogP contribution < -0.4 is 0 Å². The molecule has 0 saturated heterocycles. The molecule has 0 saturated carbocycles. The van der Waals surface area contributed by atoms with E-state index in [0.717, 1.165) is 0 Å². The molecule has 4 heavy (non-hydrogen) atoms. The molecule has 0 rings (SSSR count). The first-order valence-corrected chi connectivity index (χ1v) is 0. The summed E-state index contributed by atoms with van der Waals surface area (Å²) in [5, 5.41) is 0. The number of hydrogen-bond acceptors (Lipinski definition) is 0. The molecule has 3 nitrogen and oxygen atoms in total. The quantitative estimate of drug-likeness (QED) is 0.368. The number of hydrogen-bond donors (Lipinski definition) is 0. The molecule has 0 aromatic rings. The van der Waals surface area contributed by atoms with Crippen molar-refractivity contribution in [3.8, 4) is 0 Å². The van der Waals surface area contributed by atoms with E-state index in [0.29, 0.717) is 0 Å². The molecule has 0 spiro atoms. The van der Waals surface area contributed by atoms with Gasteiger partial charge in [0.1, 0.15) is 0 Å². The van der Waals surface area contributed by atoms with Crippen molar-refractivity contribution in [1.82, 2.24) is 0 Å². The average Bonchev–Trinajstić information content (AvgIpc) is 0. The predicted molar refractivity (Wildman–Crippen MR) is 2.06 cm³/mol. The molecule has 0 unspecified atom stereocenters. The zero-order chi connectivity index (χ0) is 0. The minimum Gasteiger partial charge on any atom is -2.00 e.